The van der Waals surface area contributed by atoms with Crippen LogP contribution in [0.3, 0.4) is 0 Å². The monoisotopic (exact) mass is 447 g/mol. The molecule has 5 atom stereocenters. The molecule has 1 saturated carbocycles. The minimum absolute atomic E-state index is 0.0143. The van der Waals surface area contributed by atoms with Gasteiger partial charge in [-0.1, -0.05) is 12.1 Å². The predicted octanol–water partition coefficient (Wildman–Crippen LogP) is 3.95. The minimum atomic E-state index is -2.53. The van der Waals surface area contributed by atoms with Crippen LogP contribution in [0, 0.1) is 12.7 Å². The zero-order valence-corrected chi connectivity index (χ0v) is 17.5. The van der Waals surface area contributed by atoms with Crippen molar-refractivity contribution in [3.05, 3.63) is 58.9 Å². The molecule has 2 aliphatic carbocycles. The van der Waals surface area contributed by atoms with Gasteiger partial charge in [-0.15, -0.1) is 0 Å². The van der Waals surface area contributed by atoms with Gasteiger partial charge in [0.15, 0.2) is 5.82 Å². The van der Waals surface area contributed by atoms with E-state index in [0.717, 1.165) is 17.5 Å². The number of ether oxygens (including phenoxy) is 1. The van der Waals surface area contributed by atoms with Gasteiger partial charge in [-0.2, -0.15) is 0 Å². The fourth-order valence-electron chi connectivity index (χ4n) is 5.09. The molecule has 2 N–H and O–H groups in total. The van der Waals surface area contributed by atoms with Crippen molar-refractivity contribution >= 4 is 11.0 Å². The summed E-state index contributed by atoms with van der Waals surface area (Å²) in [5.74, 6) is -0.486. The van der Waals surface area contributed by atoms with Crippen LogP contribution in [-0.2, 0) is 11.2 Å². The Hall–Kier alpha value is -2.49. The molecule has 0 radical (unpaired) electrons. The van der Waals surface area contributed by atoms with Crippen molar-refractivity contribution in [2.24, 2.45) is 0 Å². The van der Waals surface area contributed by atoms with Crippen LogP contribution in [0.1, 0.15) is 60.2 Å². The second-order valence-corrected chi connectivity index (χ2v) is 8.64. The maximum Gasteiger partial charge on any atom is 0.263 e. The Morgan fingerprint density at radius 3 is 2.78 bits per heavy atom. The number of nitrogens with zero attached hydrogens (tertiary/aromatic N) is 3. The van der Waals surface area contributed by atoms with Gasteiger partial charge in [0.1, 0.15) is 24.2 Å². The SMILES string of the molecule is Cc1ncnc2c1c(F)cn2[C@@H]1C[C@H](OC2CCCc3cc(C(F)F)ccc32)[C@@H](O)[C@H]1O. The number of aromatic nitrogens is 3. The molecule has 6 nitrogen and oxygen atoms in total. The zero-order chi connectivity index (χ0) is 22.6. The Morgan fingerprint density at radius 1 is 1.19 bits per heavy atom. The largest absolute Gasteiger partial charge is 0.388 e. The van der Waals surface area contributed by atoms with E-state index in [4.69, 9.17) is 4.74 Å². The zero-order valence-electron chi connectivity index (χ0n) is 17.5. The lowest BCUT2D eigenvalue weighted by atomic mass is 9.88. The van der Waals surface area contributed by atoms with Gasteiger partial charge >= 0.3 is 0 Å². The topological polar surface area (TPSA) is 80.4 Å². The van der Waals surface area contributed by atoms with Crippen LogP contribution in [0.2, 0.25) is 0 Å². The van der Waals surface area contributed by atoms with Crippen LogP contribution in [0.4, 0.5) is 13.2 Å². The fraction of sp³-hybridized carbons (Fsp3) is 0.478. The average molecular weight is 447 g/mol. The van der Waals surface area contributed by atoms with Crippen LogP contribution >= 0.6 is 0 Å². The standard InChI is InChI=1S/C23H24F3N3O3/c1-11-19-15(24)9-29(23(19)28-10-27-11)16-8-18(21(31)20(16)30)32-17-4-2-3-12-7-13(22(25)26)5-6-14(12)17/h5-7,9-10,16-18,20-22,30-31H,2-4,8H2,1H3/t16-,17?,18+,20+,21-/m1/s1. The smallest absolute Gasteiger partial charge is 0.263 e. The number of hydrogen-bond acceptors (Lipinski definition) is 5. The van der Waals surface area contributed by atoms with E-state index in [0.29, 0.717) is 24.2 Å². The molecule has 1 unspecified atom stereocenters. The predicted molar refractivity (Wildman–Crippen MR) is 110 cm³/mol. The number of hydrogen-bond donors (Lipinski definition) is 2. The van der Waals surface area contributed by atoms with E-state index in [1.54, 1.807) is 17.6 Å². The van der Waals surface area contributed by atoms with Crippen LogP contribution in [0.15, 0.2) is 30.7 Å². The second-order valence-electron chi connectivity index (χ2n) is 8.64. The summed E-state index contributed by atoms with van der Waals surface area (Å²) in [6.45, 7) is 1.68. The molecule has 5 rings (SSSR count). The molecule has 9 heteroatoms. The summed E-state index contributed by atoms with van der Waals surface area (Å²) >= 11 is 0. The fourth-order valence-corrected chi connectivity index (χ4v) is 5.09. The first-order valence-corrected chi connectivity index (χ1v) is 10.7. The van der Waals surface area contributed by atoms with Gasteiger partial charge in [0.2, 0.25) is 0 Å². The van der Waals surface area contributed by atoms with Gasteiger partial charge < -0.3 is 19.5 Å². The van der Waals surface area contributed by atoms with E-state index in [9.17, 15) is 23.4 Å². The maximum atomic E-state index is 14.5. The third kappa shape index (κ3) is 3.48. The van der Waals surface area contributed by atoms with Gasteiger partial charge in [0.25, 0.3) is 6.43 Å². The highest BCUT2D eigenvalue weighted by molar-refractivity contribution is 5.79. The number of aliphatic hydroxyl groups is 2. The summed E-state index contributed by atoms with van der Waals surface area (Å²) in [7, 11) is 0. The molecule has 1 fully saturated rings. The first kappa shape index (κ1) is 21.4. The molecule has 2 aliphatic rings. The van der Waals surface area contributed by atoms with Gasteiger partial charge in [-0.25, -0.2) is 23.1 Å². The maximum absolute atomic E-state index is 14.5. The van der Waals surface area contributed by atoms with E-state index < -0.39 is 36.6 Å². The van der Waals surface area contributed by atoms with Crippen LogP contribution < -0.4 is 0 Å². The summed E-state index contributed by atoms with van der Waals surface area (Å²) in [4.78, 5) is 8.20. The third-order valence-corrected chi connectivity index (χ3v) is 6.73. The van der Waals surface area contributed by atoms with Gasteiger partial charge in [0.05, 0.1) is 29.3 Å². The highest BCUT2D eigenvalue weighted by Crippen LogP contribution is 2.41. The molecule has 2 heterocycles. The number of aryl methyl sites for hydroxylation is 2. The highest BCUT2D eigenvalue weighted by atomic mass is 19.3. The summed E-state index contributed by atoms with van der Waals surface area (Å²) in [6.07, 6.45) is -0.882. The first-order chi connectivity index (χ1) is 15.3. The first-order valence-electron chi connectivity index (χ1n) is 10.7. The molecule has 0 bridgehead atoms. The highest BCUT2D eigenvalue weighted by Gasteiger charge is 2.45. The number of alkyl halides is 2. The molecule has 0 aliphatic heterocycles. The normalized spacial score (nSPS) is 27.9. The number of halogens is 3. The lowest BCUT2D eigenvalue weighted by Gasteiger charge is -2.30. The van der Waals surface area contributed by atoms with Crippen LogP contribution in [0.25, 0.3) is 11.0 Å². The van der Waals surface area contributed by atoms with Crippen molar-refractivity contribution in [2.75, 3.05) is 0 Å². The molecule has 170 valence electrons. The van der Waals surface area contributed by atoms with Gasteiger partial charge in [-0.3, -0.25) is 0 Å². The third-order valence-electron chi connectivity index (χ3n) is 6.73. The minimum Gasteiger partial charge on any atom is -0.388 e. The quantitative estimate of drug-likeness (QED) is 0.633. The molecule has 32 heavy (non-hydrogen) atoms. The molecule has 2 aromatic heterocycles. The number of benzene rings is 1. The van der Waals surface area contributed by atoms with Crippen molar-refractivity contribution < 1.29 is 28.1 Å². The van der Waals surface area contributed by atoms with Crippen molar-refractivity contribution in [3.8, 4) is 0 Å². The van der Waals surface area contributed by atoms with E-state index in [1.807, 2.05) is 0 Å². The average Bonchev–Trinajstić information content (AvgIpc) is 3.25. The lowest BCUT2D eigenvalue weighted by molar-refractivity contribution is -0.0909. The summed E-state index contributed by atoms with van der Waals surface area (Å²) < 4.78 is 48.4. The Kier molecular flexibility index (Phi) is 5.43. The van der Waals surface area contributed by atoms with E-state index in [1.165, 1.54) is 24.7 Å². The Bertz CT molecular complexity index is 1150. The number of fused-ring (bicyclic) bond motifs is 2. The second kappa shape index (κ2) is 8.13. The molecular formula is C23H24F3N3O3. The Morgan fingerprint density at radius 2 is 2.00 bits per heavy atom. The van der Waals surface area contributed by atoms with Gasteiger partial charge in [0, 0.05) is 11.8 Å². The number of aliphatic hydroxyl groups excluding tert-OH is 2. The molecule has 3 aromatic rings. The molecule has 1 aromatic carbocycles. The van der Waals surface area contributed by atoms with E-state index in [2.05, 4.69) is 9.97 Å². The van der Waals surface area contributed by atoms with Crippen LogP contribution in [-0.4, -0.2) is 43.1 Å². The lowest BCUT2D eigenvalue weighted by Crippen LogP contribution is -2.34. The summed E-state index contributed by atoms with van der Waals surface area (Å²) in [6, 6.07) is 3.98. The van der Waals surface area contributed by atoms with Crippen molar-refractivity contribution in [2.45, 2.75) is 69.5 Å². The van der Waals surface area contributed by atoms with Gasteiger partial charge in [-0.05, 0) is 49.8 Å². The van der Waals surface area contributed by atoms with Crippen molar-refractivity contribution in [1.82, 2.24) is 14.5 Å². The van der Waals surface area contributed by atoms with Crippen LogP contribution in [0.5, 0.6) is 0 Å². The summed E-state index contributed by atoms with van der Waals surface area (Å²) in [5.41, 5.74) is 2.50. The van der Waals surface area contributed by atoms with Crippen molar-refractivity contribution in [1.29, 1.82) is 0 Å². The van der Waals surface area contributed by atoms with E-state index >= 15 is 0 Å². The molecular weight excluding hydrogens is 423 g/mol. The molecule has 0 spiro atoms. The molecule has 0 saturated heterocycles. The number of rotatable bonds is 4. The van der Waals surface area contributed by atoms with E-state index in [-0.39, 0.29) is 23.5 Å². The van der Waals surface area contributed by atoms with Crippen molar-refractivity contribution in [3.63, 3.8) is 0 Å². The Balaban J connectivity index is 1.40. The summed E-state index contributed by atoms with van der Waals surface area (Å²) in [5, 5.41) is 21.7. The Labute approximate surface area is 182 Å². The molecule has 0 amide bonds.